The molecule has 1 aromatic carbocycles. The molecule has 1 saturated heterocycles. The first-order chi connectivity index (χ1) is 17.3. The van der Waals surface area contributed by atoms with Crippen molar-refractivity contribution in [1.82, 2.24) is 19.8 Å². The van der Waals surface area contributed by atoms with E-state index in [1.165, 1.54) is 30.7 Å². The molecule has 1 aliphatic carbocycles. The molecule has 3 aromatic rings. The molecule has 3 heterocycles. The van der Waals surface area contributed by atoms with Crippen LogP contribution in [0.15, 0.2) is 34.0 Å². The summed E-state index contributed by atoms with van der Waals surface area (Å²) in [7, 11) is 0. The number of carbonyl (C=O) groups excluding carboxylic acids is 1. The third-order valence-electron chi connectivity index (χ3n) is 8.04. The lowest BCUT2D eigenvalue weighted by atomic mass is 9.89. The van der Waals surface area contributed by atoms with Crippen LogP contribution in [0.4, 0.5) is 4.39 Å². The van der Waals surface area contributed by atoms with Crippen LogP contribution in [-0.2, 0) is 6.54 Å². The lowest BCUT2D eigenvalue weighted by Crippen LogP contribution is -2.37. The number of carbonyl (C=O) groups is 1. The summed E-state index contributed by atoms with van der Waals surface area (Å²) in [5.74, 6) is -0.0749. The highest BCUT2D eigenvalue weighted by molar-refractivity contribution is 7.98. The molecule has 2 aromatic heterocycles. The van der Waals surface area contributed by atoms with Crippen LogP contribution in [0, 0.1) is 25.6 Å². The normalized spacial score (nSPS) is 18.0. The summed E-state index contributed by atoms with van der Waals surface area (Å²) >= 11 is 1.49. The van der Waals surface area contributed by atoms with E-state index < -0.39 is 0 Å². The number of thioether (sulfide) groups is 1. The maximum Gasteiger partial charge on any atom is 0.254 e. The number of hydrogen-bond acceptors (Lipinski definition) is 4. The second-order valence-corrected chi connectivity index (χ2v) is 11.2. The van der Waals surface area contributed by atoms with Gasteiger partial charge in [0.05, 0.1) is 11.1 Å². The van der Waals surface area contributed by atoms with E-state index in [1.807, 2.05) is 26.2 Å². The molecule has 192 valence electrons. The van der Waals surface area contributed by atoms with E-state index in [1.54, 1.807) is 12.1 Å². The molecule has 36 heavy (non-hydrogen) atoms. The van der Waals surface area contributed by atoms with Gasteiger partial charge in [-0.25, -0.2) is 4.39 Å². The van der Waals surface area contributed by atoms with Crippen LogP contribution < -0.4 is 10.9 Å². The Balaban J connectivity index is 1.43. The van der Waals surface area contributed by atoms with Gasteiger partial charge in [-0.3, -0.25) is 9.59 Å². The number of hydrogen-bond donors (Lipinski definition) is 2. The summed E-state index contributed by atoms with van der Waals surface area (Å²) in [6.45, 7) is 8.36. The molecule has 1 saturated carbocycles. The van der Waals surface area contributed by atoms with E-state index >= 15 is 0 Å². The zero-order chi connectivity index (χ0) is 25.6. The van der Waals surface area contributed by atoms with Crippen molar-refractivity contribution in [3.05, 3.63) is 63.0 Å². The van der Waals surface area contributed by atoms with E-state index in [4.69, 9.17) is 0 Å². The molecule has 5 rings (SSSR count). The van der Waals surface area contributed by atoms with Crippen molar-refractivity contribution < 1.29 is 9.18 Å². The third-order valence-corrected chi connectivity index (χ3v) is 8.85. The van der Waals surface area contributed by atoms with Gasteiger partial charge in [0.2, 0.25) is 0 Å². The topological polar surface area (TPSA) is 70.1 Å². The Labute approximate surface area is 215 Å². The SMILES string of the molecule is CSc1cc(C)[nH]c(=O)c1CNC(=O)c1c(C)n(C(C)C2CCN(C3CC3)CC2)c2cc(F)ccc12. The first-order valence-electron chi connectivity index (χ1n) is 12.9. The number of aromatic nitrogens is 2. The number of piperidine rings is 1. The largest absolute Gasteiger partial charge is 0.348 e. The molecular weight excluding hydrogens is 475 g/mol. The molecule has 2 fully saturated rings. The number of amides is 1. The molecule has 8 heteroatoms. The number of nitrogens with zero attached hydrogens (tertiary/aromatic N) is 2. The maximum absolute atomic E-state index is 14.4. The van der Waals surface area contributed by atoms with Gasteiger partial charge in [-0.1, -0.05) is 0 Å². The first-order valence-corrected chi connectivity index (χ1v) is 14.1. The van der Waals surface area contributed by atoms with Crippen LogP contribution in [0.5, 0.6) is 0 Å². The van der Waals surface area contributed by atoms with Crippen LogP contribution in [0.2, 0.25) is 0 Å². The fourth-order valence-electron chi connectivity index (χ4n) is 5.93. The van der Waals surface area contributed by atoms with E-state index in [0.29, 0.717) is 17.0 Å². The van der Waals surface area contributed by atoms with Gasteiger partial charge in [0, 0.05) is 45.9 Å². The number of halogens is 1. The Morgan fingerprint density at radius 2 is 1.92 bits per heavy atom. The molecule has 1 atom stereocenters. The average Bonchev–Trinajstić information content (AvgIpc) is 3.66. The Bertz CT molecular complexity index is 1350. The van der Waals surface area contributed by atoms with Crippen molar-refractivity contribution in [2.75, 3.05) is 19.3 Å². The minimum absolute atomic E-state index is 0.132. The lowest BCUT2D eigenvalue weighted by molar-refractivity contribution is 0.0950. The molecule has 1 unspecified atom stereocenters. The summed E-state index contributed by atoms with van der Waals surface area (Å²) in [6.07, 6.45) is 6.80. The lowest BCUT2D eigenvalue weighted by Gasteiger charge is -2.36. The van der Waals surface area contributed by atoms with Crippen LogP contribution in [0.1, 0.15) is 66.0 Å². The maximum atomic E-state index is 14.4. The van der Waals surface area contributed by atoms with Crippen molar-refractivity contribution in [3.8, 4) is 0 Å². The minimum atomic E-state index is -0.306. The molecular formula is C28H35FN4O2S. The smallest absolute Gasteiger partial charge is 0.254 e. The molecule has 0 bridgehead atoms. The Morgan fingerprint density at radius 3 is 2.58 bits per heavy atom. The number of fused-ring (bicyclic) bond motifs is 1. The third kappa shape index (κ3) is 4.73. The Kier molecular flexibility index (Phi) is 7.01. The molecule has 2 N–H and O–H groups in total. The predicted octanol–water partition coefficient (Wildman–Crippen LogP) is 5.17. The fraction of sp³-hybridized carbons (Fsp3) is 0.500. The van der Waals surface area contributed by atoms with Gasteiger partial charge >= 0.3 is 0 Å². The zero-order valence-electron chi connectivity index (χ0n) is 21.5. The highest BCUT2D eigenvalue weighted by Gasteiger charge is 2.34. The van der Waals surface area contributed by atoms with E-state index in [-0.39, 0.29) is 29.9 Å². The number of nitrogens with one attached hydrogen (secondary N) is 2. The quantitative estimate of drug-likeness (QED) is 0.430. The number of aryl methyl sites for hydroxylation is 1. The van der Waals surface area contributed by atoms with Gasteiger partial charge in [0.15, 0.2) is 0 Å². The van der Waals surface area contributed by atoms with Gasteiger partial charge in [-0.05, 0) is 96.0 Å². The molecule has 6 nitrogen and oxygen atoms in total. The van der Waals surface area contributed by atoms with Gasteiger partial charge < -0.3 is 19.8 Å². The molecule has 0 spiro atoms. The van der Waals surface area contributed by atoms with Crippen LogP contribution in [0.3, 0.4) is 0 Å². The summed E-state index contributed by atoms with van der Waals surface area (Å²) in [6, 6.07) is 7.53. The average molecular weight is 511 g/mol. The van der Waals surface area contributed by atoms with Gasteiger partial charge in [-0.15, -0.1) is 11.8 Å². The van der Waals surface area contributed by atoms with Crippen LogP contribution in [0.25, 0.3) is 10.9 Å². The fourth-order valence-corrected chi connectivity index (χ4v) is 6.64. The monoisotopic (exact) mass is 510 g/mol. The van der Waals surface area contributed by atoms with Gasteiger partial charge in [-0.2, -0.15) is 0 Å². The number of rotatable bonds is 7. The second kappa shape index (κ2) is 10.1. The number of H-pyrrole nitrogens is 1. The minimum Gasteiger partial charge on any atom is -0.348 e. The zero-order valence-corrected chi connectivity index (χ0v) is 22.3. The number of pyridine rings is 1. The molecule has 1 amide bonds. The van der Waals surface area contributed by atoms with Crippen LogP contribution in [-0.4, -0.2) is 45.7 Å². The van der Waals surface area contributed by atoms with Crippen molar-refractivity contribution in [1.29, 1.82) is 0 Å². The highest BCUT2D eigenvalue weighted by atomic mass is 32.2. The molecule has 2 aliphatic rings. The first kappa shape index (κ1) is 25.1. The Morgan fingerprint density at radius 1 is 1.19 bits per heavy atom. The molecule has 0 radical (unpaired) electrons. The van der Waals surface area contributed by atoms with Gasteiger partial charge in [0.25, 0.3) is 11.5 Å². The van der Waals surface area contributed by atoms with Crippen molar-refractivity contribution >= 4 is 28.6 Å². The number of benzene rings is 1. The van der Waals surface area contributed by atoms with E-state index in [2.05, 4.69) is 26.7 Å². The van der Waals surface area contributed by atoms with Crippen molar-refractivity contribution in [3.63, 3.8) is 0 Å². The summed E-state index contributed by atoms with van der Waals surface area (Å²) in [5.41, 5.74) is 3.30. The highest BCUT2D eigenvalue weighted by Crippen LogP contribution is 2.38. The number of aromatic amines is 1. The summed E-state index contributed by atoms with van der Waals surface area (Å²) < 4.78 is 16.5. The van der Waals surface area contributed by atoms with E-state index in [9.17, 15) is 14.0 Å². The predicted molar refractivity (Wildman–Crippen MR) is 143 cm³/mol. The Hall–Kier alpha value is -2.58. The van der Waals surface area contributed by atoms with Gasteiger partial charge in [0.1, 0.15) is 5.82 Å². The summed E-state index contributed by atoms with van der Waals surface area (Å²) in [5, 5.41) is 3.72. The van der Waals surface area contributed by atoms with Crippen molar-refractivity contribution in [2.45, 2.75) is 70.0 Å². The second-order valence-electron chi connectivity index (χ2n) is 10.3. The number of likely N-dealkylation sites (tertiary alicyclic amines) is 1. The molecule has 1 aliphatic heterocycles. The standard InChI is InChI=1S/C28H35FN4O2S/c1-16-13-25(36-4)23(27(34)31-16)15-30-28(35)26-18(3)33(24-14-20(29)5-8-22(24)26)17(2)19-9-11-32(12-10-19)21-6-7-21/h5,8,13-14,17,19,21H,6-7,9-12,15H2,1-4H3,(H,30,35)(H,31,34). The van der Waals surface area contributed by atoms with Crippen LogP contribution >= 0.6 is 11.8 Å². The summed E-state index contributed by atoms with van der Waals surface area (Å²) in [4.78, 5) is 32.3. The van der Waals surface area contributed by atoms with Crippen molar-refractivity contribution in [2.24, 2.45) is 5.92 Å². The van der Waals surface area contributed by atoms with E-state index in [0.717, 1.165) is 59.2 Å².